The zero-order valence-electron chi connectivity index (χ0n) is 18.1. The third kappa shape index (κ3) is 5.03. The first kappa shape index (κ1) is 21.3. The molecule has 1 N–H and O–H groups in total. The number of rotatable bonds is 8. The molecule has 2 heterocycles. The Morgan fingerprint density at radius 1 is 1.10 bits per heavy atom. The van der Waals surface area contributed by atoms with E-state index in [1.54, 1.807) is 19.5 Å². The maximum absolute atomic E-state index is 9.75. The highest BCUT2D eigenvalue weighted by atomic mass is 16.5. The van der Waals surface area contributed by atoms with Gasteiger partial charge in [-0.1, -0.05) is 24.3 Å². The molecular weight excluding hydrogens is 390 g/mol. The van der Waals surface area contributed by atoms with Gasteiger partial charge in [-0.05, 0) is 50.1 Å². The number of methoxy groups -OCH3 is 1. The maximum Gasteiger partial charge on any atom is 0.132 e. The fourth-order valence-electron chi connectivity index (χ4n) is 4.07. The molecule has 31 heavy (non-hydrogen) atoms. The quantitative estimate of drug-likeness (QED) is 0.595. The number of aliphatic hydroxyl groups is 1. The highest BCUT2D eigenvalue weighted by Crippen LogP contribution is 2.34. The molecule has 0 radical (unpaired) electrons. The van der Waals surface area contributed by atoms with Crippen LogP contribution in [0.5, 0.6) is 11.5 Å². The Morgan fingerprint density at radius 2 is 1.97 bits per heavy atom. The molecule has 162 valence electrons. The Kier molecular flexibility index (Phi) is 6.79. The van der Waals surface area contributed by atoms with Gasteiger partial charge < -0.3 is 14.6 Å². The monoisotopic (exact) mass is 419 g/mol. The van der Waals surface area contributed by atoms with E-state index in [1.807, 2.05) is 31.2 Å². The zero-order chi connectivity index (χ0) is 21.6. The summed E-state index contributed by atoms with van der Waals surface area (Å²) in [7, 11) is 1.69. The number of likely N-dealkylation sites (tertiary alicyclic amines) is 1. The summed E-state index contributed by atoms with van der Waals surface area (Å²) in [5, 5.41) is 9.75. The summed E-state index contributed by atoms with van der Waals surface area (Å²) in [5.74, 6) is 1.66. The third-order valence-corrected chi connectivity index (χ3v) is 5.77. The number of para-hydroxylation sites is 1. The summed E-state index contributed by atoms with van der Waals surface area (Å²) in [6, 6.07) is 14.5. The highest BCUT2D eigenvalue weighted by molar-refractivity contribution is 5.71. The van der Waals surface area contributed by atoms with Gasteiger partial charge in [-0.25, -0.2) is 0 Å². The fourth-order valence-corrected chi connectivity index (χ4v) is 4.07. The lowest BCUT2D eigenvalue weighted by Gasteiger charge is -2.24. The van der Waals surface area contributed by atoms with Gasteiger partial charge in [-0.3, -0.25) is 14.9 Å². The van der Waals surface area contributed by atoms with E-state index >= 15 is 0 Å². The minimum absolute atomic E-state index is 0.182. The van der Waals surface area contributed by atoms with E-state index in [4.69, 9.17) is 9.47 Å². The van der Waals surface area contributed by atoms with Crippen molar-refractivity contribution in [3.63, 3.8) is 0 Å². The molecule has 0 spiro atoms. The second-order valence-electron chi connectivity index (χ2n) is 7.91. The molecule has 6 nitrogen and oxygen atoms in total. The van der Waals surface area contributed by atoms with E-state index in [0.717, 1.165) is 65.5 Å². The van der Waals surface area contributed by atoms with Gasteiger partial charge in [0.15, 0.2) is 0 Å². The van der Waals surface area contributed by atoms with E-state index in [0.29, 0.717) is 6.61 Å². The van der Waals surface area contributed by atoms with Gasteiger partial charge in [-0.2, -0.15) is 0 Å². The Bertz CT molecular complexity index is 1010. The van der Waals surface area contributed by atoms with Crippen LogP contribution in [0.2, 0.25) is 0 Å². The lowest BCUT2D eigenvalue weighted by atomic mass is 10.0. The van der Waals surface area contributed by atoms with Crippen molar-refractivity contribution in [3.05, 3.63) is 71.8 Å². The molecule has 1 atom stereocenters. The Hall–Kier alpha value is -2.96. The van der Waals surface area contributed by atoms with Crippen LogP contribution >= 0.6 is 0 Å². The maximum atomic E-state index is 9.75. The van der Waals surface area contributed by atoms with Gasteiger partial charge in [0.05, 0.1) is 31.3 Å². The first-order valence-corrected chi connectivity index (χ1v) is 10.7. The van der Waals surface area contributed by atoms with Crippen molar-refractivity contribution in [2.45, 2.75) is 39.0 Å². The van der Waals surface area contributed by atoms with Crippen LogP contribution in [-0.2, 0) is 13.2 Å². The Labute approximate surface area is 183 Å². The second-order valence-corrected chi connectivity index (χ2v) is 7.91. The normalized spacial score (nSPS) is 16.4. The molecule has 0 saturated carbocycles. The topological polar surface area (TPSA) is 67.7 Å². The minimum Gasteiger partial charge on any atom is -0.496 e. The van der Waals surface area contributed by atoms with Gasteiger partial charge in [-0.15, -0.1) is 0 Å². The molecule has 1 aromatic heterocycles. The largest absolute Gasteiger partial charge is 0.496 e. The summed E-state index contributed by atoms with van der Waals surface area (Å²) < 4.78 is 11.7. The van der Waals surface area contributed by atoms with E-state index in [2.05, 4.69) is 33.1 Å². The molecule has 1 fully saturated rings. The van der Waals surface area contributed by atoms with E-state index < -0.39 is 0 Å². The predicted octanol–water partition coefficient (Wildman–Crippen LogP) is 4.00. The standard InChI is InChI=1S/C25H29N3O3/c1-18-13-27-21(14-26-18)17-31-24-10-9-19(23-7-3-4-8-25(23)30-2)12-20(24)15-28-11-5-6-22(28)16-29/h3-4,7-10,12-14,22,29H,5-6,11,15-17H2,1-2H3/t22-/m0/s1. The van der Waals surface area contributed by atoms with Crippen molar-refractivity contribution >= 4 is 0 Å². The second kappa shape index (κ2) is 9.90. The fraction of sp³-hybridized carbons (Fsp3) is 0.360. The van der Waals surface area contributed by atoms with Crippen LogP contribution in [0, 0.1) is 6.92 Å². The molecule has 1 saturated heterocycles. The smallest absolute Gasteiger partial charge is 0.132 e. The predicted molar refractivity (Wildman–Crippen MR) is 120 cm³/mol. The third-order valence-electron chi connectivity index (χ3n) is 5.77. The number of aliphatic hydroxyl groups excluding tert-OH is 1. The molecule has 1 aliphatic rings. The molecule has 4 rings (SSSR count). The molecule has 2 aromatic carbocycles. The average Bonchev–Trinajstić information content (AvgIpc) is 3.26. The zero-order valence-corrected chi connectivity index (χ0v) is 18.1. The summed E-state index contributed by atoms with van der Waals surface area (Å²) in [6.07, 6.45) is 5.63. The lowest BCUT2D eigenvalue weighted by Crippen LogP contribution is -2.31. The van der Waals surface area contributed by atoms with Crippen LogP contribution in [0.4, 0.5) is 0 Å². The number of nitrogens with zero attached hydrogens (tertiary/aromatic N) is 3. The van der Waals surface area contributed by atoms with Gasteiger partial charge >= 0.3 is 0 Å². The van der Waals surface area contributed by atoms with Crippen LogP contribution in [0.1, 0.15) is 29.8 Å². The average molecular weight is 420 g/mol. The van der Waals surface area contributed by atoms with Crippen LogP contribution in [0.15, 0.2) is 54.9 Å². The van der Waals surface area contributed by atoms with E-state index in [-0.39, 0.29) is 12.6 Å². The first-order valence-electron chi connectivity index (χ1n) is 10.7. The first-order chi connectivity index (χ1) is 15.2. The number of benzene rings is 2. The summed E-state index contributed by atoms with van der Waals surface area (Å²) >= 11 is 0. The summed E-state index contributed by atoms with van der Waals surface area (Å²) in [6.45, 7) is 4.16. The molecule has 0 aliphatic carbocycles. The number of hydrogen-bond acceptors (Lipinski definition) is 6. The van der Waals surface area contributed by atoms with Crippen LogP contribution in [0.25, 0.3) is 11.1 Å². The number of ether oxygens (including phenoxy) is 2. The van der Waals surface area contributed by atoms with Crippen LogP contribution < -0.4 is 9.47 Å². The Morgan fingerprint density at radius 3 is 2.74 bits per heavy atom. The van der Waals surface area contributed by atoms with E-state index in [1.165, 1.54) is 0 Å². The lowest BCUT2D eigenvalue weighted by molar-refractivity contribution is 0.152. The number of aryl methyl sites for hydroxylation is 1. The van der Waals surface area contributed by atoms with Crippen molar-refractivity contribution in [1.29, 1.82) is 0 Å². The molecule has 0 bridgehead atoms. The van der Waals surface area contributed by atoms with Gasteiger partial charge in [0.1, 0.15) is 18.1 Å². The van der Waals surface area contributed by atoms with Crippen LogP contribution in [0.3, 0.4) is 0 Å². The molecular formula is C25H29N3O3. The molecule has 0 amide bonds. The van der Waals surface area contributed by atoms with Crippen molar-refractivity contribution in [2.75, 3.05) is 20.3 Å². The summed E-state index contributed by atoms with van der Waals surface area (Å²) in [4.78, 5) is 11.0. The van der Waals surface area contributed by atoms with Gasteiger partial charge in [0.2, 0.25) is 0 Å². The van der Waals surface area contributed by atoms with Crippen molar-refractivity contribution in [3.8, 4) is 22.6 Å². The van der Waals surface area contributed by atoms with Crippen LogP contribution in [-0.4, -0.2) is 46.3 Å². The number of hydrogen-bond donors (Lipinski definition) is 1. The SMILES string of the molecule is COc1ccccc1-c1ccc(OCc2cnc(C)cn2)c(CN2CCC[C@H]2CO)c1. The van der Waals surface area contributed by atoms with Crippen molar-refractivity contribution in [2.24, 2.45) is 0 Å². The Balaban J connectivity index is 1.63. The van der Waals surface area contributed by atoms with E-state index in [9.17, 15) is 5.11 Å². The summed E-state index contributed by atoms with van der Waals surface area (Å²) in [5.41, 5.74) is 4.88. The molecule has 1 aliphatic heterocycles. The van der Waals surface area contributed by atoms with Gasteiger partial charge in [0, 0.05) is 29.9 Å². The molecule has 6 heteroatoms. The molecule has 0 unspecified atom stereocenters. The molecule has 3 aromatic rings. The minimum atomic E-state index is 0.182. The van der Waals surface area contributed by atoms with Gasteiger partial charge in [0.25, 0.3) is 0 Å². The van der Waals surface area contributed by atoms with Crippen molar-refractivity contribution < 1.29 is 14.6 Å². The number of aromatic nitrogens is 2. The van der Waals surface area contributed by atoms with Crippen molar-refractivity contribution in [1.82, 2.24) is 14.9 Å². The highest BCUT2D eigenvalue weighted by Gasteiger charge is 2.25.